The lowest BCUT2D eigenvalue weighted by Gasteiger charge is -2.05. The number of benzene rings is 1. The summed E-state index contributed by atoms with van der Waals surface area (Å²) in [5.74, 6) is 0.570. The first-order valence-electron chi connectivity index (χ1n) is 3.16. The van der Waals surface area contributed by atoms with Gasteiger partial charge in [0, 0.05) is 13.9 Å². The average molecular weight is 345 g/mol. The first kappa shape index (κ1) is 9.81. The Morgan fingerprint density at radius 3 is 2.64 bits per heavy atom. The Morgan fingerprint density at radius 1 is 1.55 bits per heavy atom. The molecule has 1 aromatic carbocycles. The number of aryl methyl sites for hydroxylation is 1. The monoisotopic (exact) mass is 344 g/mol. The molecule has 0 spiro atoms. The molecule has 0 nitrogen and oxygen atoms in total. The summed E-state index contributed by atoms with van der Waals surface area (Å²) in [6.07, 6.45) is 0. The van der Waals surface area contributed by atoms with E-state index in [0.29, 0.717) is 5.88 Å². The van der Waals surface area contributed by atoms with Crippen LogP contribution in [-0.4, -0.2) is 0 Å². The van der Waals surface area contributed by atoms with Gasteiger partial charge >= 0.3 is 0 Å². The average Bonchev–Trinajstić information content (AvgIpc) is 1.99. The standard InChI is InChI=1S/C8H7BrClI/c1-5-2-3-7(9)6(4-10)8(5)11/h2-3H,4H2,1H3. The van der Waals surface area contributed by atoms with Gasteiger partial charge in [0.25, 0.3) is 0 Å². The predicted molar refractivity (Wildman–Crippen MR) is 61.2 cm³/mol. The van der Waals surface area contributed by atoms with Crippen LogP contribution in [0.5, 0.6) is 0 Å². The van der Waals surface area contributed by atoms with Crippen LogP contribution in [0.15, 0.2) is 16.6 Å². The summed E-state index contributed by atoms with van der Waals surface area (Å²) in [7, 11) is 0. The number of alkyl halides is 1. The van der Waals surface area contributed by atoms with Crippen molar-refractivity contribution >= 4 is 50.1 Å². The highest BCUT2D eigenvalue weighted by Crippen LogP contribution is 2.26. The minimum Gasteiger partial charge on any atom is -0.121 e. The summed E-state index contributed by atoms with van der Waals surface area (Å²) in [6.45, 7) is 2.09. The minimum atomic E-state index is 0.570. The zero-order valence-corrected chi connectivity index (χ0v) is 10.5. The highest BCUT2D eigenvalue weighted by atomic mass is 127. The van der Waals surface area contributed by atoms with E-state index in [9.17, 15) is 0 Å². The maximum absolute atomic E-state index is 5.77. The van der Waals surface area contributed by atoms with E-state index in [1.165, 1.54) is 14.7 Å². The maximum atomic E-state index is 5.77. The van der Waals surface area contributed by atoms with E-state index in [0.717, 1.165) is 4.47 Å². The van der Waals surface area contributed by atoms with Crippen LogP contribution in [0.25, 0.3) is 0 Å². The Bertz CT molecular complexity index is 273. The lowest BCUT2D eigenvalue weighted by Crippen LogP contribution is -1.89. The van der Waals surface area contributed by atoms with Crippen LogP contribution in [0.4, 0.5) is 0 Å². The van der Waals surface area contributed by atoms with Crippen LogP contribution in [0.1, 0.15) is 11.1 Å². The van der Waals surface area contributed by atoms with E-state index in [1.807, 2.05) is 6.07 Å². The van der Waals surface area contributed by atoms with Crippen molar-refractivity contribution in [3.05, 3.63) is 31.3 Å². The van der Waals surface area contributed by atoms with E-state index in [-0.39, 0.29) is 0 Å². The van der Waals surface area contributed by atoms with Crippen LogP contribution in [-0.2, 0) is 5.88 Å². The lowest BCUT2D eigenvalue weighted by atomic mass is 10.2. The maximum Gasteiger partial charge on any atom is 0.0495 e. The predicted octanol–water partition coefficient (Wildman–Crippen LogP) is 4.10. The van der Waals surface area contributed by atoms with Gasteiger partial charge in [-0.3, -0.25) is 0 Å². The highest BCUT2D eigenvalue weighted by molar-refractivity contribution is 14.1. The molecule has 11 heavy (non-hydrogen) atoms. The van der Waals surface area contributed by atoms with Gasteiger partial charge in [-0.2, -0.15) is 0 Å². The third kappa shape index (κ3) is 2.10. The third-order valence-electron chi connectivity index (χ3n) is 1.51. The summed E-state index contributed by atoms with van der Waals surface area (Å²) in [5, 5.41) is 0. The fourth-order valence-electron chi connectivity index (χ4n) is 0.837. The molecule has 3 heteroatoms. The zero-order chi connectivity index (χ0) is 8.43. The molecule has 0 amide bonds. The van der Waals surface area contributed by atoms with Gasteiger partial charge in [-0.25, -0.2) is 0 Å². The molecular formula is C8H7BrClI. The Hall–Kier alpha value is 0.720. The SMILES string of the molecule is Cc1ccc(Br)c(CCl)c1I. The second kappa shape index (κ2) is 4.10. The molecule has 0 aliphatic carbocycles. The van der Waals surface area contributed by atoms with Crippen LogP contribution in [0.3, 0.4) is 0 Å². The topological polar surface area (TPSA) is 0 Å². The highest BCUT2D eigenvalue weighted by Gasteiger charge is 2.04. The van der Waals surface area contributed by atoms with Crippen molar-refractivity contribution in [1.82, 2.24) is 0 Å². The van der Waals surface area contributed by atoms with Gasteiger partial charge in [-0.15, -0.1) is 11.6 Å². The molecule has 0 unspecified atom stereocenters. The van der Waals surface area contributed by atoms with Crippen LogP contribution < -0.4 is 0 Å². The second-order valence-electron chi connectivity index (χ2n) is 2.29. The van der Waals surface area contributed by atoms with E-state index >= 15 is 0 Å². The largest absolute Gasteiger partial charge is 0.121 e. The summed E-state index contributed by atoms with van der Waals surface area (Å²) < 4.78 is 2.36. The third-order valence-corrected chi connectivity index (χ3v) is 4.02. The Labute approximate surface area is 93.6 Å². The van der Waals surface area contributed by atoms with Crippen molar-refractivity contribution in [3.8, 4) is 0 Å². The van der Waals surface area contributed by atoms with Gasteiger partial charge in [0.1, 0.15) is 0 Å². The quantitative estimate of drug-likeness (QED) is 0.531. The molecule has 0 aliphatic rings. The van der Waals surface area contributed by atoms with Gasteiger partial charge in [-0.1, -0.05) is 22.0 Å². The van der Waals surface area contributed by atoms with Crippen molar-refractivity contribution in [2.24, 2.45) is 0 Å². The normalized spacial score (nSPS) is 10.2. The molecular weight excluding hydrogens is 338 g/mol. The van der Waals surface area contributed by atoms with Crippen LogP contribution in [0.2, 0.25) is 0 Å². The van der Waals surface area contributed by atoms with Crippen molar-refractivity contribution in [3.63, 3.8) is 0 Å². The Balaban J connectivity index is 3.29. The van der Waals surface area contributed by atoms with Crippen LogP contribution in [0, 0.1) is 10.5 Å². The molecule has 0 bridgehead atoms. The molecule has 0 atom stereocenters. The summed E-state index contributed by atoms with van der Waals surface area (Å²) in [6, 6.07) is 4.12. The molecule has 0 radical (unpaired) electrons. The molecule has 0 aliphatic heterocycles. The van der Waals surface area contributed by atoms with Crippen LogP contribution >= 0.6 is 50.1 Å². The summed E-state index contributed by atoms with van der Waals surface area (Å²) in [5.41, 5.74) is 2.47. The van der Waals surface area contributed by atoms with E-state index < -0.39 is 0 Å². The Kier molecular flexibility index (Phi) is 3.65. The molecule has 0 fully saturated rings. The van der Waals surface area contributed by atoms with Gasteiger partial charge < -0.3 is 0 Å². The van der Waals surface area contributed by atoms with Gasteiger partial charge in [-0.05, 0) is 46.7 Å². The molecule has 0 saturated heterocycles. The van der Waals surface area contributed by atoms with Gasteiger partial charge in [0.15, 0.2) is 0 Å². The lowest BCUT2D eigenvalue weighted by molar-refractivity contribution is 1.28. The molecule has 1 rings (SSSR count). The summed E-state index contributed by atoms with van der Waals surface area (Å²) >= 11 is 11.5. The molecule has 1 aromatic rings. The second-order valence-corrected chi connectivity index (χ2v) is 4.49. The molecule has 0 heterocycles. The molecule has 0 aromatic heterocycles. The molecule has 60 valence electrons. The van der Waals surface area contributed by atoms with E-state index in [1.54, 1.807) is 0 Å². The van der Waals surface area contributed by atoms with E-state index in [4.69, 9.17) is 11.6 Å². The van der Waals surface area contributed by atoms with Crippen molar-refractivity contribution < 1.29 is 0 Å². The van der Waals surface area contributed by atoms with E-state index in [2.05, 4.69) is 51.5 Å². The van der Waals surface area contributed by atoms with Crippen molar-refractivity contribution in [2.45, 2.75) is 12.8 Å². The number of halogens is 3. The smallest absolute Gasteiger partial charge is 0.0495 e. The Morgan fingerprint density at radius 2 is 2.18 bits per heavy atom. The van der Waals surface area contributed by atoms with Crippen molar-refractivity contribution in [2.75, 3.05) is 0 Å². The number of hydrogen-bond acceptors (Lipinski definition) is 0. The minimum absolute atomic E-state index is 0.570. The summed E-state index contributed by atoms with van der Waals surface area (Å²) in [4.78, 5) is 0. The van der Waals surface area contributed by atoms with Crippen molar-refractivity contribution in [1.29, 1.82) is 0 Å². The fourth-order valence-corrected chi connectivity index (χ4v) is 3.00. The first-order valence-corrected chi connectivity index (χ1v) is 5.57. The number of hydrogen-bond donors (Lipinski definition) is 0. The fraction of sp³-hybridized carbons (Fsp3) is 0.250. The molecule has 0 N–H and O–H groups in total. The number of rotatable bonds is 1. The van der Waals surface area contributed by atoms with Gasteiger partial charge in [0.05, 0.1) is 0 Å². The zero-order valence-electron chi connectivity index (χ0n) is 6.00. The van der Waals surface area contributed by atoms with Gasteiger partial charge in [0.2, 0.25) is 0 Å². The first-order chi connectivity index (χ1) is 5.16. The molecule has 0 saturated carbocycles.